The molecule has 0 spiro atoms. The minimum absolute atomic E-state index is 0.0484. The number of rotatable bonds is 8. The monoisotopic (exact) mass is 473 g/mol. The molecule has 0 amide bonds. The number of nitrogens with zero attached hydrogens (tertiary/aromatic N) is 5. The van der Waals surface area contributed by atoms with Crippen molar-refractivity contribution >= 4 is 34.7 Å². The van der Waals surface area contributed by atoms with Crippen LogP contribution in [0.2, 0.25) is 0 Å². The first-order valence-electron chi connectivity index (χ1n) is 10.4. The molecule has 0 aromatic carbocycles. The summed E-state index contributed by atoms with van der Waals surface area (Å²) in [6.07, 6.45) is 1.76. The fourth-order valence-electron chi connectivity index (χ4n) is 3.36. The Morgan fingerprint density at radius 3 is 2.69 bits per heavy atom. The molecule has 11 heteroatoms. The zero-order chi connectivity index (χ0) is 22.5. The van der Waals surface area contributed by atoms with Gasteiger partial charge in [0.25, 0.3) is 0 Å². The molecule has 0 aliphatic carbocycles. The zero-order valence-corrected chi connectivity index (χ0v) is 19.8. The van der Waals surface area contributed by atoms with E-state index >= 15 is 0 Å². The summed E-state index contributed by atoms with van der Waals surface area (Å²) >= 11 is 3.13. The van der Waals surface area contributed by atoms with Gasteiger partial charge in [0.1, 0.15) is 23.3 Å². The fraction of sp³-hybridized carbons (Fsp3) is 0.429. The summed E-state index contributed by atoms with van der Waals surface area (Å²) < 4.78 is 11.3. The standard InChI is InChI=1S/C21H27N7O2S2/c1-13-19(14(2)32-21-25-16(22)12-17(23)26-21)27-20(31-13)15-3-4-24-18(11-15)30-10-7-28-5-8-29-9-6-28/h3-4,11-12,14H,5-10H2,1-2H3,(H4,22,23,25,26). The maximum Gasteiger partial charge on any atom is 0.213 e. The third-order valence-corrected chi connectivity index (χ3v) is 6.99. The van der Waals surface area contributed by atoms with Crippen LogP contribution in [0.1, 0.15) is 22.7 Å². The maximum atomic E-state index is 5.90. The number of ether oxygens (including phenoxy) is 2. The predicted octanol–water partition coefficient (Wildman–Crippen LogP) is 3.03. The van der Waals surface area contributed by atoms with Crippen LogP contribution in [-0.2, 0) is 4.74 Å². The Labute approximate surface area is 195 Å². The van der Waals surface area contributed by atoms with Crippen LogP contribution >= 0.6 is 23.1 Å². The number of hydrogen-bond donors (Lipinski definition) is 2. The molecule has 1 aliphatic rings. The number of thiazole rings is 1. The van der Waals surface area contributed by atoms with E-state index in [1.807, 2.05) is 12.1 Å². The summed E-state index contributed by atoms with van der Waals surface area (Å²) in [5, 5.41) is 1.52. The number of aromatic nitrogens is 4. The Morgan fingerprint density at radius 1 is 1.19 bits per heavy atom. The first-order valence-corrected chi connectivity index (χ1v) is 12.1. The van der Waals surface area contributed by atoms with Gasteiger partial charge in [0.15, 0.2) is 5.16 Å². The van der Waals surface area contributed by atoms with E-state index in [2.05, 4.69) is 33.7 Å². The lowest BCUT2D eigenvalue weighted by molar-refractivity contribution is 0.0320. The van der Waals surface area contributed by atoms with Gasteiger partial charge in [-0.15, -0.1) is 11.3 Å². The summed E-state index contributed by atoms with van der Waals surface area (Å²) in [6, 6.07) is 5.45. The van der Waals surface area contributed by atoms with Crippen LogP contribution in [0.5, 0.6) is 5.88 Å². The Hall–Kier alpha value is -2.47. The molecule has 3 aromatic heterocycles. The van der Waals surface area contributed by atoms with Gasteiger partial charge in [-0.3, -0.25) is 4.90 Å². The zero-order valence-electron chi connectivity index (χ0n) is 18.2. The molecular weight excluding hydrogens is 446 g/mol. The summed E-state index contributed by atoms with van der Waals surface area (Å²) in [5.41, 5.74) is 13.6. The number of thioether (sulfide) groups is 1. The number of nitrogen functional groups attached to an aromatic ring is 2. The molecule has 0 bridgehead atoms. The van der Waals surface area contributed by atoms with Gasteiger partial charge in [-0.2, -0.15) is 0 Å². The van der Waals surface area contributed by atoms with Gasteiger partial charge in [-0.05, 0) is 19.9 Å². The lowest BCUT2D eigenvalue weighted by Crippen LogP contribution is -2.38. The lowest BCUT2D eigenvalue weighted by atomic mass is 10.2. The van der Waals surface area contributed by atoms with Gasteiger partial charge in [-0.1, -0.05) is 11.8 Å². The van der Waals surface area contributed by atoms with Gasteiger partial charge >= 0.3 is 0 Å². The quantitative estimate of drug-likeness (QED) is 0.372. The van der Waals surface area contributed by atoms with E-state index in [1.54, 1.807) is 23.6 Å². The molecule has 4 rings (SSSR count). The van der Waals surface area contributed by atoms with Crippen LogP contribution in [0.4, 0.5) is 11.6 Å². The third kappa shape index (κ3) is 5.85. The molecule has 0 radical (unpaired) electrons. The lowest BCUT2D eigenvalue weighted by Gasteiger charge is -2.26. The number of nitrogens with two attached hydrogens (primary N) is 2. The molecule has 4 N–H and O–H groups in total. The molecule has 9 nitrogen and oxygen atoms in total. The van der Waals surface area contributed by atoms with Crippen molar-refractivity contribution in [3.05, 3.63) is 35.0 Å². The molecule has 4 heterocycles. The topological polar surface area (TPSA) is 125 Å². The van der Waals surface area contributed by atoms with Crippen LogP contribution < -0.4 is 16.2 Å². The molecule has 3 aromatic rings. The highest BCUT2D eigenvalue weighted by Gasteiger charge is 2.19. The Bertz CT molecular complexity index is 1040. The minimum Gasteiger partial charge on any atom is -0.476 e. The van der Waals surface area contributed by atoms with Crippen molar-refractivity contribution in [2.24, 2.45) is 0 Å². The average molecular weight is 474 g/mol. The van der Waals surface area contributed by atoms with Crippen molar-refractivity contribution in [3.63, 3.8) is 0 Å². The van der Waals surface area contributed by atoms with Crippen LogP contribution in [-0.4, -0.2) is 64.3 Å². The maximum absolute atomic E-state index is 5.90. The van der Waals surface area contributed by atoms with Crippen LogP contribution in [0.3, 0.4) is 0 Å². The highest BCUT2D eigenvalue weighted by molar-refractivity contribution is 7.99. The first kappa shape index (κ1) is 22.7. The number of pyridine rings is 1. The molecule has 170 valence electrons. The number of anilines is 2. The van der Waals surface area contributed by atoms with Crippen molar-refractivity contribution in [2.45, 2.75) is 24.3 Å². The second-order valence-electron chi connectivity index (χ2n) is 7.41. The summed E-state index contributed by atoms with van der Waals surface area (Å²) in [7, 11) is 0. The predicted molar refractivity (Wildman–Crippen MR) is 128 cm³/mol. The van der Waals surface area contributed by atoms with E-state index in [4.69, 9.17) is 25.9 Å². The SMILES string of the molecule is Cc1sc(-c2ccnc(OCCN3CCOCC3)c2)nc1C(C)Sc1nc(N)cc(N)n1. The van der Waals surface area contributed by atoms with E-state index in [9.17, 15) is 0 Å². The van der Waals surface area contributed by atoms with Gasteiger partial charge in [0.2, 0.25) is 5.88 Å². The summed E-state index contributed by atoms with van der Waals surface area (Å²) in [4.78, 5) is 21.2. The second-order valence-corrected chi connectivity index (χ2v) is 9.92. The number of hydrogen-bond acceptors (Lipinski definition) is 11. The van der Waals surface area contributed by atoms with E-state index in [-0.39, 0.29) is 5.25 Å². The normalized spacial score (nSPS) is 15.6. The number of morpholine rings is 1. The van der Waals surface area contributed by atoms with Crippen molar-refractivity contribution < 1.29 is 9.47 Å². The van der Waals surface area contributed by atoms with Crippen molar-refractivity contribution in [3.8, 4) is 16.5 Å². The van der Waals surface area contributed by atoms with Crippen LogP contribution in [0.15, 0.2) is 29.6 Å². The molecule has 1 unspecified atom stereocenters. The van der Waals surface area contributed by atoms with Gasteiger partial charge in [-0.25, -0.2) is 19.9 Å². The van der Waals surface area contributed by atoms with Gasteiger partial charge in [0.05, 0.1) is 24.2 Å². The Kier molecular flexibility index (Phi) is 7.40. The van der Waals surface area contributed by atoms with Gasteiger partial charge in [0, 0.05) is 48.4 Å². The van der Waals surface area contributed by atoms with E-state index in [1.165, 1.54) is 11.8 Å². The molecule has 32 heavy (non-hydrogen) atoms. The first-order chi connectivity index (χ1) is 15.5. The van der Waals surface area contributed by atoms with Crippen molar-refractivity contribution in [1.82, 2.24) is 24.8 Å². The van der Waals surface area contributed by atoms with E-state index in [0.717, 1.165) is 54.0 Å². The second kappa shape index (κ2) is 10.4. The highest BCUT2D eigenvalue weighted by Crippen LogP contribution is 2.38. The summed E-state index contributed by atoms with van der Waals surface area (Å²) in [6.45, 7) is 9.06. The average Bonchev–Trinajstić information content (AvgIpc) is 3.16. The Morgan fingerprint density at radius 2 is 1.94 bits per heavy atom. The smallest absolute Gasteiger partial charge is 0.213 e. The molecule has 1 atom stereocenters. The molecule has 1 fully saturated rings. The highest BCUT2D eigenvalue weighted by atomic mass is 32.2. The van der Waals surface area contributed by atoms with Crippen molar-refractivity contribution in [2.75, 3.05) is 50.9 Å². The fourth-order valence-corrected chi connectivity index (χ4v) is 5.42. The summed E-state index contributed by atoms with van der Waals surface area (Å²) in [5.74, 6) is 1.33. The molecule has 1 aliphatic heterocycles. The molecular formula is C21H27N7O2S2. The molecule has 1 saturated heterocycles. The van der Waals surface area contributed by atoms with Crippen LogP contribution in [0, 0.1) is 6.92 Å². The largest absolute Gasteiger partial charge is 0.476 e. The van der Waals surface area contributed by atoms with E-state index < -0.39 is 0 Å². The van der Waals surface area contributed by atoms with Crippen molar-refractivity contribution in [1.29, 1.82) is 0 Å². The molecule has 0 saturated carbocycles. The van der Waals surface area contributed by atoms with E-state index in [0.29, 0.717) is 29.3 Å². The van der Waals surface area contributed by atoms with Gasteiger partial charge < -0.3 is 20.9 Å². The van der Waals surface area contributed by atoms with Crippen LogP contribution in [0.25, 0.3) is 10.6 Å². The third-order valence-electron chi connectivity index (χ3n) is 4.99. The number of aryl methyl sites for hydroxylation is 1. The Balaban J connectivity index is 1.41. The minimum atomic E-state index is 0.0484.